The number of nitrogens with two attached hydrogens (primary N) is 1. The first-order valence-electron chi connectivity index (χ1n) is 15.2. The predicted molar refractivity (Wildman–Crippen MR) is 175 cm³/mol. The zero-order valence-electron chi connectivity index (χ0n) is 27.3. The van der Waals surface area contributed by atoms with Gasteiger partial charge in [-0.05, 0) is 80.6 Å². The summed E-state index contributed by atoms with van der Waals surface area (Å²) in [5.41, 5.74) is 0.129. The van der Waals surface area contributed by atoms with E-state index in [1.807, 2.05) is 0 Å². The van der Waals surface area contributed by atoms with Gasteiger partial charge in [-0.2, -0.15) is 13.2 Å². The zero-order chi connectivity index (χ0) is 37.0. The van der Waals surface area contributed by atoms with Gasteiger partial charge in [0.25, 0.3) is 0 Å². The van der Waals surface area contributed by atoms with Crippen molar-refractivity contribution in [1.82, 2.24) is 10.3 Å². The SMILES string of the molecule is CCOc1cc([C@H](C(=O)N[C@H](CC(=O)OC(=O)C(F)(F)F)c2ccccc2S(=O)(=O)C(C)C)N(N)c2ccc3cnccc3c2)c(F)cc1C. The number of hydrogen-bond acceptors (Lipinski definition) is 10. The van der Waals surface area contributed by atoms with Gasteiger partial charge in [0.15, 0.2) is 15.9 Å². The minimum absolute atomic E-state index is 0.190. The highest BCUT2D eigenvalue weighted by atomic mass is 32.2. The fraction of sp³-hybridized carbons (Fsp3) is 0.294. The fourth-order valence-electron chi connectivity index (χ4n) is 5.13. The number of aryl methyl sites for hydroxylation is 1. The molecule has 1 amide bonds. The van der Waals surface area contributed by atoms with E-state index >= 15 is 4.39 Å². The number of carbonyl (C=O) groups is 3. The van der Waals surface area contributed by atoms with Crippen LogP contribution in [-0.2, 0) is 29.0 Å². The molecular formula is C34H34F4N4O7S. The molecular weight excluding hydrogens is 684 g/mol. The molecule has 11 nitrogen and oxygen atoms in total. The molecule has 50 heavy (non-hydrogen) atoms. The number of aromatic nitrogens is 1. The van der Waals surface area contributed by atoms with Crippen LogP contribution in [0.5, 0.6) is 5.75 Å². The summed E-state index contributed by atoms with van der Waals surface area (Å²) in [4.78, 5) is 42.3. The van der Waals surface area contributed by atoms with E-state index in [9.17, 15) is 36.0 Å². The van der Waals surface area contributed by atoms with Crippen LogP contribution in [0.1, 0.15) is 56.0 Å². The van der Waals surface area contributed by atoms with Crippen LogP contribution in [-0.4, -0.2) is 49.3 Å². The summed E-state index contributed by atoms with van der Waals surface area (Å²) in [6.45, 7) is 6.24. The first-order chi connectivity index (χ1) is 23.4. The van der Waals surface area contributed by atoms with E-state index in [1.54, 1.807) is 44.3 Å². The van der Waals surface area contributed by atoms with Gasteiger partial charge in [0.05, 0.1) is 34.9 Å². The maximum absolute atomic E-state index is 15.8. The number of anilines is 1. The minimum atomic E-state index is -5.52. The number of benzene rings is 3. The van der Waals surface area contributed by atoms with Gasteiger partial charge in [-0.25, -0.2) is 23.4 Å². The number of nitrogens with zero attached hydrogens (tertiary/aromatic N) is 2. The number of ether oxygens (including phenoxy) is 2. The number of carbonyl (C=O) groups excluding carboxylic acids is 3. The molecule has 3 aromatic carbocycles. The second-order valence-electron chi connectivity index (χ2n) is 11.4. The third-order valence-electron chi connectivity index (χ3n) is 7.68. The topological polar surface area (TPSA) is 158 Å². The molecule has 0 unspecified atom stereocenters. The highest BCUT2D eigenvalue weighted by molar-refractivity contribution is 7.92. The summed E-state index contributed by atoms with van der Waals surface area (Å²) >= 11 is 0. The Balaban J connectivity index is 1.87. The molecule has 0 aliphatic heterocycles. The molecule has 0 spiro atoms. The second-order valence-corrected chi connectivity index (χ2v) is 13.9. The Morgan fingerprint density at radius 3 is 2.36 bits per heavy atom. The van der Waals surface area contributed by atoms with E-state index in [0.29, 0.717) is 10.9 Å². The molecule has 0 radical (unpaired) electrons. The largest absolute Gasteiger partial charge is 0.494 e. The fourth-order valence-corrected chi connectivity index (χ4v) is 6.44. The molecule has 1 aromatic heterocycles. The lowest BCUT2D eigenvalue weighted by Crippen LogP contribution is -2.46. The highest BCUT2D eigenvalue weighted by Crippen LogP contribution is 2.35. The van der Waals surface area contributed by atoms with Crippen LogP contribution >= 0.6 is 0 Å². The number of halogens is 4. The monoisotopic (exact) mass is 718 g/mol. The van der Waals surface area contributed by atoms with Crippen molar-refractivity contribution in [2.45, 2.75) is 62.5 Å². The van der Waals surface area contributed by atoms with Gasteiger partial charge in [0, 0.05) is 23.3 Å². The third-order valence-corrected chi connectivity index (χ3v) is 9.91. The number of hydrazine groups is 1. The van der Waals surface area contributed by atoms with Crippen LogP contribution in [0.3, 0.4) is 0 Å². The maximum atomic E-state index is 15.8. The third kappa shape index (κ3) is 8.37. The molecule has 4 aromatic rings. The molecule has 0 saturated heterocycles. The van der Waals surface area contributed by atoms with E-state index in [2.05, 4.69) is 15.0 Å². The summed E-state index contributed by atoms with van der Waals surface area (Å²) in [7, 11) is -4.11. The number of esters is 2. The Labute approximate surface area is 285 Å². The van der Waals surface area contributed by atoms with Crippen LogP contribution in [0.25, 0.3) is 10.8 Å². The molecule has 0 fully saturated rings. The number of sulfone groups is 1. The Hall–Kier alpha value is -5.09. The summed E-state index contributed by atoms with van der Waals surface area (Å²) in [6.07, 6.45) is -3.52. The minimum Gasteiger partial charge on any atom is -0.494 e. The van der Waals surface area contributed by atoms with Crippen LogP contribution in [0.15, 0.2) is 78.0 Å². The van der Waals surface area contributed by atoms with Crippen LogP contribution in [0.4, 0.5) is 23.2 Å². The quantitative estimate of drug-likeness (QED) is 0.0625. The summed E-state index contributed by atoms with van der Waals surface area (Å²) < 4.78 is 90.9. The Morgan fingerprint density at radius 2 is 1.70 bits per heavy atom. The molecule has 3 N–H and O–H groups in total. The van der Waals surface area contributed by atoms with Gasteiger partial charge >= 0.3 is 18.1 Å². The van der Waals surface area contributed by atoms with Crippen molar-refractivity contribution in [1.29, 1.82) is 0 Å². The molecule has 4 rings (SSSR count). The number of alkyl halides is 3. The number of pyridine rings is 1. The number of fused-ring (bicyclic) bond motifs is 1. The van der Waals surface area contributed by atoms with E-state index in [1.165, 1.54) is 50.4 Å². The van der Waals surface area contributed by atoms with E-state index in [4.69, 9.17) is 10.6 Å². The van der Waals surface area contributed by atoms with E-state index < -0.39 is 63.4 Å². The van der Waals surface area contributed by atoms with Crippen molar-refractivity contribution in [3.8, 4) is 5.75 Å². The Morgan fingerprint density at radius 1 is 1.00 bits per heavy atom. The van der Waals surface area contributed by atoms with Gasteiger partial charge in [-0.1, -0.05) is 24.3 Å². The number of rotatable bonds is 12. The van der Waals surface area contributed by atoms with Crippen molar-refractivity contribution < 1.29 is 49.8 Å². The normalized spacial score (nSPS) is 13.1. The zero-order valence-corrected chi connectivity index (χ0v) is 28.1. The van der Waals surface area contributed by atoms with Crippen molar-refractivity contribution in [2.75, 3.05) is 11.6 Å². The average Bonchev–Trinajstić information content (AvgIpc) is 3.05. The van der Waals surface area contributed by atoms with E-state index in [-0.39, 0.29) is 34.1 Å². The molecule has 16 heteroatoms. The van der Waals surface area contributed by atoms with Gasteiger partial charge in [0.2, 0.25) is 5.91 Å². The molecule has 2 atom stereocenters. The van der Waals surface area contributed by atoms with Gasteiger partial charge in [-0.3, -0.25) is 19.6 Å². The molecule has 266 valence electrons. The lowest BCUT2D eigenvalue weighted by Gasteiger charge is -2.31. The summed E-state index contributed by atoms with van der Waals surface area (Å²) in [6, 6.07) is 10.6. The Bertz CT molecular complexity index is 2020. The summed E-state index contributed by atoms with van der Waals surface area (Å²) in [5, 5.41) is 3.81. The van der Waals surface area contributed by atoms with Crippen molar-refractivity contribution >= 4 is 44.1 Å². The molecule has 0 saturated carbocycles. The highest BCUT2D eigenvalue weighted by Gasteiger charge is 2.43. The van der Waals surface area contributed by atoms with Gasteiger partial charge < -0.3 is 14.8 Å². The van der Waals surface area contributed by atoms with Crippen molar-refractivity contribution in [3.05, 3.63) is 95.6 Å². The standard InChI is InChI=1S/C34H34F4N4O7S/c1-5-48-28-16-25(26(35)14-20(28)4)31(42(39)23-11-10-22-18-40-13-12-21(22)15-23)32(44)41-27(17-30(43)49-33(45)34(36,37)38)24-8-6-7-9-29(24)50(46,47)19(2)3/h6-16,18-19,27,31H,5,17,39H2,1-4H3,(H,41,44)/t27-,31-/m1/s1. The Kier molecular flexibility index (Phi) is 11.5. The molecule has 1 heterocycles. The lowest BCUT2D eigenvalue weighted by atomic mass is 9.98. The van der Waals surface area contributed by atoms with Crippen LogP contribution in [0.2, 0.25) is 0 Å². The van der Waals surface area contributed by atoms with Crippen molar-refractivity contribution in [3.63, 3.8) is 0 Å². The first-order valence-corrected chi connectivity index (χ1v) is 16.8. The molecule has 0 aliphatic rings. The van der Waals surface area contributed by atoms with Crippen molar-refractivity contribution in [2.24, 2.45) is 5.84 Å². The van der Waals surface area contributed by atoms with Gasteiger partial charge in [0.1, 0.15) is 11.6 Å². The number of nitrogens with one attached hydrogen (secondary N) is 1. The average molecular weight is 719 g/mol. The summed E-state index contributed by atoms with van der Waals surface area (Å²) in [5.74, 6) is 0.278. The van der Waals surface area contributed by atoms with Gasteiger partial charge in [-0.15, -0.1) is 0 Å². The van der Waals surface area contributed by atoms with Crippen LogP contribution in [0, 0.1) is 12.7 Å². The van der Waals surface area contributed by atoms with E-state index in [0.717, 1.165) is 16.5 Å². The number of amides is 1. The smallest absolute Gasteiger partial charge is 0.491 e. The van der Waals surface area contributed by atoms with Crippen LogP contribution < -0.4 is 20.9 Å². The number of hydrogen-bond donors (Lipinski definition) is 2. The first kappa shape index (κ1) is 37.7. The molecule has 0 bridgehead atoms. The maximum Gasteiger partial charge on any atom is 0.491 e. The molecule has 0 aliphatic carbocycles. The lowest BCUT2D eigenvalue weighted by molar-refractivity contribution is -0.202. The predicted octanol–water partition coefficient (Wildman–Crippen LogP) is 5.56. The second kappa shape index (κ2) is 15.2.